The first kappa shape index (κ1) is 17.2. The summed E-state index contributed by atoms with van der Waals surface area (Å²) >= 11 is 0. The number of amides is 2. The van der Waals surface area contributed by atoms with Gasteiger partial charge >= 0.3 is 6.09 Å². The van der Waals surface area contributed by atoms with Gasteiger partial charge in [0.25, 0.3) is 0 Å². The van der Waals surface area contributed by atoms with Gasteiger partial charge in [-0.3, -0.25) is 4.79 Å². The molecule has 0 unspecified atom stereocenters. The Morgan fingerprint density at radius 2 is 1.68 bits per heavy atom. The van der Waals surface area contributed by atoms with Gasteiger partial charge in [0.05, 0.1) is 25.7 Å². The molecule has 0 aromatic heterocycles. The quantitative estimate of drug-likeness (QED) is 0.727. The smallest absolute Gasteiger partial charge is 0.416 e. The van der Waals surface area contributed by atoms with Crippen LogP contribution in [0.4, 0.5) is 4.79 Å². The second kappa shape index (κ2) is 8.44. The fourth-order valence-electron chi connectivity index (χ4n) is 2.85. The molecule has 1 heterocycles. The molecule has 3 rings (SSSR count). The van der Waals surface area contributed by atoms with Gasteiger partial charge in [-0.2, -0.15) is 0 Å². The molecule has 0 spiro atoms. The van der Waals surface area contributed by atoms with Crippen molar-refractivity contribution in [3.05, 3.63) is 71.8 Å². The average Bonchev–Trinajstić information content (AvgIpc) is 3.00. The molecule has 2 amide bonds. The van der Waals surface area contributed by atoms with Gasteiger partial charge in [0.1, 0.15) is 6.61 Å². The van der Waals surface area contributed by atoms with Crippen LogP contribution in [0, 0.1) is 0 Å². The maximum absolute atomic E-state index is 12.4. The molecule has 2 aromatic carbocycles. The molecular weight excluding hydrogens is 318 g/mol. The Balaban J connectivity index is 1.49. The number of hydrogen-bond donors (Lipinski definition) is 0. The second-order valence-corrected chi connectivity index (χ2v) is 5.97. The van der Waals surface area contributed by atoms with Gasteiger partial charge in [-0.25, -0.2) is 9.69 Å². The van der Waals surface area contributed by atoms with E-state index in [9.17, 15) is 9.59 Å². The lowest BCUT2D eigenvalue weighted by atomic mass is 10.1. The summed E-state index contributed by atoms with van der Waals surface area (Å²) in [5, 5.41) is 0. The summed E-state index contributed by atoms with van der Waals surface area (Å²) in [5.74, 6) is -0.253. The molecule has 130 valence electrons. The van der Waals surface area contributed by atoms with Crippen LogP contribution in [0.25, 0.3) is 0 Å². The number of carbonyl (C=O) groups excluding carboxylic acids is 2. The minimum Gasteiger partial charge on any atom is -0.447 e. The van der Waals surface area contributed by atoms with Gasteiger partial charge < -0.3 is 9.47 Å². The van der Waals surface area contributed by atoms with Crippen LogP contribution in [0.1, 0.15) is 17.5 Å². The number of carbonyl (C=O) groups is 2. The zero-order valence-corrected chi connectivity index (χ0v) is 14.0. The molecule has 0 saturated carbocycles. The highest BCUT2D eigenvalue weighted by Crippen LogP contribution is 2.18. The molecule has 0 bridgehead atoms. The molecule has 25 heavy (non-hydrogen) atoms. The zero-order chi connectivity index (χ0) is 17.5. The van der Waals surface area contributed by atoms with E-state index in [1.165, 1.54) is 4.90 Å². The third kappa shape index (κ3) is 4.67. The average molecular weight is 339 g/mol. The molecule has 0 aliphatic carbocycles. The van der Waals surface area contributed by atoms with E-state index in [0.29, 0.717) is 13.0 Å². The van der Waals surface area contributed by atoms with Gasteiger partial charge in [0.15, 0.2) is 0 Å². The molecule has 1 fully saturated rings. The van der Waals surface area contributed by atoms with Gasteiger partial charge in [-0.15, -0.1) is 0 Å². The van der Waals surface area contributed by atoms with Crippen molar-refractivity contribution in [1.82, 2.24) is 4.90 Å². The zero-order valence-electron chi connectivity index (χ0n) is 14.0. The Kier molecular flexibility index (Phi) is 5.80. The van der Waals surface area contributed by atoms with Crippen molar-refractivity contribution < 1.29 is 19.1 Å². The molecule has 5 nitrogen and oxygen atoms in total. The molecule has 1 aliphatic heterocycles. The highest BCUT2D eigenvalue weighted by molar-refractivity contribution is 5.93. The second-order valence-electron chi connectivity index (χ2n) is 5.97. The van der Waals surface area contributed by atoms with Crippen LogP contribution >= 0.6 is 0 Å². The lowest BCUT2D eigenvalue weighted by molar-refractivity contribution is -0.130. The van der Waals surface area contributed by atoms with Crippen LogP contribution in [-0.2, 0) is 27.3 Å². The van der Waals surface area contributed by atoms with Crippen molar-refractivity contribution in [2.75, 3.05) is 13.2 Å². The van der Waals surface area contributed by atoms with Crippen LogP contribution in [0.3, 0.4) is 0 Å². The lowest BCUT2D eigenvalue weighted by Crippen LogP contribution is -2.40. The Hall–Kier alpha value is -2.66. The molecule has 1 aliphatic rings. The van der Waals surface area contributed by atoms with Crippen LogP contribution in [0.2, 0.25) is 0 Å². The van der Waals surface area contributed by atoms with E-state index < -0.39 is 6.09 Å². The van der Waals surface area contributed by atoms with Crippen LogP contribution in [0.5, 0.6) is 0 Å². The first-order valence-corrected chi connectivity index (χ1v) is 8.38. The molecule has 2 aromatic rings. The van der Waals surface area contributed by atoms with Crippen molar-refractivity contribution in [3.8, 4) is 0 Å². The van der Waals surface area contributed by atoms with E-state index in [1.807, 2.05) is 60.7 Å². The van der Waals surface area contributed by atoms with Crippen molar-refractivity contribution in [3.63, 3.8) is 0 Å². The summed E-state index contributed by atoms with van der Waals surface area (Å²) in [6, 6.07) is 19.3. The highest BCUT2D eigenvalue weighted by Gasteiger charge is 2.37. The maximum Gasteiger partial charge on any atom is 0.416 e. The van der Waals surface area contributed by atoms with E-state index in [1.54, 1.807) is 0 Å². The van der Waals surface area contributed by atoms with Crippen molar-refractivity contribution in [2.45, 2.75) is 25.5 Å². The minimum absolute atomic E-state index is 0.160. The van der Waals surface area contributed by atoms with E-state index in [4.69, 9.17) is 9.47 Å². The summed E-state index contributed by atoms with van der Waals surface area (Å²) in [6.45, 7) is 0.964. The Morgan fingerprint density at radius 3 is 2.36 bits per heavy atom. The minimum atomic E-state index is -0.561. The summed E-state index contributed by atoms with van der Waals surface area (Å²) in [5.41, 5.74) is 2.13. The van der Waals surface area contributed by atoms with Gasteiger partial charge in [-0.05, 0) is 17.5 Å². The predicted octanol–water partition coefficient (Wildman–Crippen LogP) is 3.18. The number of nitrogens with zero attached hydrogens (tertiary/aromatic N) is 1. The lowest BCUT2D eigenvalue weighted by Gasteiger charge is -2.19. The SMILES string of the molecule is O=C(CCOCc1ccccc1)N1C(=O)OC[C@H]1Cc1ccccc1. The van der Waals surface area contributed by atoms with Crippen molar-refractivity contribution in [2.24, 2.45) is 0 Å². The van der Waals surface area contributed by atoms with Gasteiger partial charge in [0, 0.05) is 0 Å². The predicted molar refractivity (Wildman–Crippen MR) is 92.8 cm³/mol. The molecule has 1 atom stereocenters. The largest absolute Gasteiger partial charge is 0.447 e. The summed E-state index contributed by atoms with van der Waals surface area (Å²) < 4.78 is 10.6. The maximum atomic E-state index is 12.4. The number of benzene rings is 2. The first-order chi connectivity index (χ1) is 12.2. The third-order valence-corrected chi connectivity index (χ3v) is 4.12. The van der Waals surface area contributed by atoms with Gasteiger partial charge in [-0.1, -0.05) is 60.7 Å². The van der Waals surface area contributed by atoms with E-state index >= 15 is 0 Å². The van der Waals surface area contributed by atoms with Gasteiger partial charge in [0.2, 0.25) is 5.91 Å². The fraction of sp³-hybridized carbons (Fsp3) is 0.300. The fourth-order valence-corrected chi connectivity index (χ4v) is 2.85. The highest BCUT2D eigenvalue weighted by atomic mass is 16.6. The summed E-state index contributed by atoms with van der Waals surface area (Å²) in [4.78, 5) is 25.6. The van der Waals surface area contributed by atoms with E-state index in [-0.39, 0.29) is 31.6 Å². The standard InChI is InChI=1S/C20H21NO4/c22-19(11-12-24-14-17-9-5-2-6-10-17)21-18(15-25-20(21)23)13-16-7-3-1-4-8-16/h1-10,18H,11-15H2/t18-/m1/s1. The van der Waals surface area contributed by atoms with E-state index in [2.05, 4.69) is 0 Å². The Morgan fingerprint density at radius 1 is 1.04 bits per heavy atom. The third-order valence-electron chi connectivity index (χ3n) is 4.12. The van der Waals surface area contributed by atoms with Crippen molar-refractivity contribution in [1.29, 1.82) is 0 Å². The molecule has 5 heteroatoms. The molecular formula is C20H21NO4. The Bertz CT molecular complexity index is 702. The number of rotatable bonds is 7. The van der Waals surface area contributed by atoms with E-state index in [0.717, 1.165) is 11.1 Å². The number of imide groups is 1. The van der Waals surface area contributed by atoms with Crippen LogP contribution in [0.15, 0.2) is 60.7 Å². The normalized spacial score (nSPS) is 16.7. The summed E-state index contributed by atoms with van der Waals surface area (Å²) in [7, 11) is 0. The Labute approximate surface area is 147 Å². The molecule has 0 radical (unpaired) electrons. The number of hydrogen-bond acceptors (Lipinski definition) is 4. The monoisotopic (exact) mass is 339 g/mol. The molecule has 1 saturated heterocycles. The topological polar surface area (TPSA) is 55.8 Å². The van der Waals surface area contributed by atoms with Crippen LogP contribution in [-0.4, -0.2) is 36.2 Å². The number of cyclic esters (lactones) is 1. The molecule has 0 N–H and O–H groups in total. The van der Waals surface area contributed by atoms with Crippen LogP contribution < -0.4 is 0 Å². The first-order valence-electron chi connectivity index (χ1n) is 8.38. The summed E-state index contributed by atoms with van der Waals surface area (Å²) in [6.07, 6.45) is 0.199. The number of ether oxygens (including phenoxy) is 2. The van der Waals surface area contributed by atoms with Crippen molar-refractivity contribution >= 4 is 12.0 Å².